The molecule has 0 fully saturated rings. The standard InChI is InChI=1S/C20H40O5S.Na.H/c1-2-3-4-5-6-7-8-9-10-11-12-13-14-15-16-17-20(22)25-26(23,24)19-18-21;;/h21H,2-19H2,1H3;;. The van der Waals surface area contributed by atoms with Gasteiger partial charge in [-0.05, 0) is 6.42 Å². The molecule has 7 heteroatoms. The molecule has 0 unspecified atom stereocenters. The van der Waals surface area contributed by atoms with Gasteiger partial charge in [0.15, 0.2) is 0 Å². The molecule has 0 spiro atoms. The van der Waals surface area contributed by atoms with Crippen molar-refractivity contribution < 1.29 is 22.5 Å². The Morgan fingerprint density at radius 2 is 1.11 bits per heavy atom. The second kappa shape index (κ2) is 21.1. The number of rotatable bonds is 19. The van der Waals surface area contributed by atoms with E-state index in [0.717, 1.165) is 12.8 Å². The molecule has 0 aromatic rings. The normalized spacial score (nSPS) is 11.2. The van der Waals surface area contributed by atoms with Crippen LogP contribution >= 0.6 is 0 Å². The summed E-state index contributed by atoms with van der Waals surface area (Å²) in [4.78, 5) is 11.4. The summed E-state index contributed by atoms with van der Waals surface area (Å²) in [6, 6.07) is 0. The second-order valence-electron chi connectivity index (χ2n) is 7.14. The molecule has 0 bridgehead atoms. The zero-order valence-corrected chi connectivity index (χ0v) is 17.5. The molecule has 0 aliphatic carbocycles. The quantitative estimate of drug-likeness (QED) is 0.191. The van der Waals surface area contributed by atoms with E-state index in [-0.39, 0.29) is 36.0 Å². The van der Waals surface area contributed by atoms with Gasteiger partial charge in [0.1, 0.15) is 5.75 Å². The Labute approximate surface area is 189 Å². The van der Waals surface area contributed by atoms with Crippen LogP contribution in [0.5, 0.6) is 0 Å². The van der Waals surface area contributed by atoms with Gasteiger partial charge in [-0.3, -0.25) is 4.79 Å². The maximum atomic E-state index is 11.4. The van der Waals surface area contributed by atoms with Gasteiger partial charge in [0.05, 0.1) is 6.61 Å². The second-order valence-corrected chi connectivity index (χ2v) is 8.83. The number of hydrogen-bond donors (Lipinski definition) is 1. The Hall–Kier alpha value is 0.380. The topological polar surface area (TPSA) is 80.7 Å². The summed E-state index contributed by atoms with van der Waals surface area (Å²) in [6.07, 6.45) is 18.8. The zero-order chi connectivity index (χ0) is 19.5. The predicted octanol–water partition coefficient (Wildman–Crippen LogP) is 4.46. The van der Waals surface area contributed by atoms with Crippen molar-refractivity contribution in [3.8, 4) is 0 Å². The van der Waals surface area contributed by atoms with Gasteiger partial charge >= 0.3 is 45.6 Å². The van der Waals surface area contributed by atoms with Gasteiger partial charge in [-0.1, -0.05) is 96.8 Å². The summed E-state index contributed by atoms with van der Waals surface area (Å²) < 4.78 is 26.8. The molecule has 0 rings (SSSR count). The number of carbonyl (C=O) groups excluding carboxylic acids is 1. The molecule has 0 amide bonds. The van der Waals surface area contributed by atoms with Crippen LogP contribution in [0.15, 0.2) is 0 Å². The monoisotopic (exact) mass is 416 g/mol. The molecule has 0 aromatic carbocycles. The number of unbranched alkanes of at least 4 members (excludes halogenated alkanes) is 14. The molecule has 0 aromatic heterocycles. The van der Waals surface area contributed by atoms with Crippen molar-refractivity contribution in [1.29, 1.82) is 0 Å². The van der Waals surface area contributed by atoms with Crippen molar-refractivity contribution in [1.82, 2.24) is 0 Å². The third-order valence-corrected chi connectivity index (χ3v) is 5.67. The van der Waals surface area contributed by atoms with Gasteiger partial charge in [-0.25, -0.2) is 0 Å². The van der Waals surface area contributed by atoms with Gasteiger partial charge in [0, 0.05) is 6.42 Å². The van der Waals surface area contributed by atoms with Crippen LogP contribution in [0.2, 0.25) is 0 Å². The van der Waals surface area contributed by atoms with Crippen molar-refractivity contribution in [2.24, 2.45) is 0 Å². The predicted molar refractivity (Wildman–Crippen MR) is 114 cm³/mol. The first kappa shape index (κ1) is 29.6. The first-order chi connectivity index (χ1) is 12.5. The minimum atomic E-state index is -3.90. The van der Waals surface area contributed by atoms with Crippen LogP contribution in [-0.2, 0) is 19.1 Å². The van der Waals surface area contributed by atoms with Crippen molar-refractivity contribution in [3.63, 3.8) is 0 Å². The molecule has 0 saturated carbocycles. The summed E-state index contributed by atoms with van der Waals surface area (Å²) in [6.45, 7) is 1.72. The molecule has 0 atom stereocenters. The Balaban J connectivity index is 0. The third-order valence-electron chi connectivity index (χ3n) is 4.55. The van der Waals surface area contributed by atoms with E-state index in [4.69, 9.17) is 5.11 Å². The summed E-state index contributed by atoms with van der Waals surface area (Å²) in [5.41, 5.74) is 0. The van der Waals surface area contributed by atoms with Crippen LogP contribution in [0.25, 0.3) is 0 Å². The fourth-order valence-corrected chi connectivity index (χ4v) is 3.65. The third kappa shape index (κ3) is 22.5. The molecule has 158 valence electrons. The number of aliphatic hydroxyl groups is 1. The molecule has 0 heterocycles. The van der Waals surface area contributed by atoms with Crippen LogP contribution in [-0.4, -0.2) is 61.4 Å². The maximum absolute atomic E-state index is 11.4. The van der Waals surface area contributed by atoms with Gasteiger partial charge in [-0.15, -0.1) is 0 Å². The van der Waals surface area contributed by atoms with Gasteiger partial charge in [-0.2, -0.15) is 8.42 Å². The first-order valence-electron chi connectivity index (χ1n) is 10.6. The summed E-state index contributed by atoms with van der Waals surface area (Å²) in [7, 11) is -3.90. The molecule has 0 aliphatic heterocycles. The SMILES string of the molecule is CCCCCCCCCCCCCCCCCC(=O)OS(=O)(=O)CCO.[NaH]. The number of hydrogen-bond acceptors (Lipinski definition) is 5. The van der Waals surface area contributed by atoms with Gasteiger partial charge in [0.25, 0.3) is 0 Å². The molecule has 5 nitrogen and oxygen atoms in total. The van der Waals surface area contributed by atoms with E-state index in [1.807, 2.05) is 0 Å². The van der Waals surface area contributed by atoms with Crippen LogP contribution < -0.4 is 0 Å². The average Bonchev–Trinajstić information content (AvgIpc) is 2.57. The Morgan fingerprint density at radius 1 is 0.741 bits per heavy atom. The van der Waals surface area contributed by atoms with Crippen molar-refractivity contribution in [2.75, 3.05) is 12.4 Å². The van der Waals surface area contributed by atoms with Crippen LogP contribution in [0.3, 0.4) is 0 Å². The van der Waals surface area contributed by atoms with E-state index < -0.39 is 28.4 Å². The Morgan fingerprint density at radius 3 is 1.48 bits per heavy atom. The average molecular weight is 417 g/mol. The molecule has 0 radical (unpaired) electrons. The Bertz CT molecular complexity index is 426. The summed E-state index contributed by atoms with van der Waals surface area (Å²) in [5.74, 6) is -1.24. The zero-order valence-electron chi connectivity index (χ0n) is 16.7. The van der Waals surface area contributed by atoms with E-state index in [2.05, 4.69) is 11.1 Å². The number of carbonyl (C=O) groups is 1. The molecule has 0 aliphatic rings. The van der Waals surface area contributed by atoms with Crippen LogP contribution in [0.4, 0.5) is 0 Å². The van der Waals surface area contributed by atoms with E-state index in [9.17, 15) is 13.2 Å². The van der Waals surface area contributed by atoms with Crippen molar-refractivity contribution >= 4 is 45.6 Å². The molecular formula is C20H41NaO5S. The minimum absolute atomic E-state index is 0. The Kier molecular flexibility index (Phi) is 23.1. The fraction of sp³-hybridized carbons (Fsp3) is 0.950. The van der Waals surface area contributed by atoms with Crippen LogP contribution in [0, 0.1) is 0 Å². The summed E-state index contributed by atoms with van der Waals surface area (Å²) in [5, 5.41) is 8.56. The molecular weight excluding hydrogens is 375 g/mol. The molecule has 1 N–H and O–H groups in total. The van der Waals surface area contributed by atoms with E-state index in [1.54, 1.807) is 0 Å². The van der Waals surface area contributed by atoms with E-state index >= 15 is 0 Å². The van der Waals surface area contributed by atoms with Gasteiger partial charge in [0.2, 0.25) is 0 Å². The molecule has 0 saturated heterocycles. The fourth-order valence-electron chi connectivity index (χ4n) is 2.98. The summed E-state index contributed by atoms with van der Waals surface area (Å²) >= 11 is 0. The molecule has 27 heavy (non-hydrogen) atoms. The first-order valence-corrected chi connectivity index (χ1v) is 12.2. The van der Waals surface area contributed by atoms with E-state index in [0.29, 0.717) is 6.42 Å². The van der Waals surface area contributed by atoms with Crippen molar-refractivity contribution in [3.05, 3.63) is 0 Å². The van der Waals surface area contributed by atoms with Crippen molar-refractivity contribution in [2.45, 2.75) is 110 Å². The van der Waals surface area contributed by atoms with Gasteiger partial charge < -0.3 is 9.29 Å². The number of aliphatic hydroxyl groups excluding tert-OH is 1. The van der Waals surface area contributed by atoms with Crippen LogP contribution in [0.1, 0.15) is 110 Å². The van der Waals surface area contributed by atoms with E-state index in [1.165, 1.54) is 77.0 Å².